The minimum Gasteiger partial charge on any atom is -0.346 e. The summed E-state index contributed by atoms with van der Waals surface area (Å²) in [6.07, 6.45) is 2.19. The van der Waals surface area contributed by atoms with Crippen LogP contribution in [0.2, 0.25) is 0 Å². The standard InChI is InChI=1S/C51H53F2N6O10PS2/c1-50(2,3)44(55-46(63)41-28-32-26-33(14-17-40(32)72-41)51(52,53)70(67,68)69)49(66)58-23-9-13-38(58)48(65)57(34-15-18-39-31(27-34)21-25-71-39)24-20-43(61)56(4)22-7-5-6-10-30-11-8-12-35-36(30)29-59(47(35)64)37-16-19-42(60)54-45(37)62/h8,11-12,14-15,17-18,21,25-28,37-38,44H,5,7,9,13,16,19-20,22-24,29H2,1-4H3,(H,55,63)(H,54,60,62)(H2,67,68,69)/t37?,38-,44?/m0/s1. The van der Waals surface area contributed by atoms with E-state index >= 15 is 0 Å². The number of nitrogens with zero attached hydrogens (tertiary/aromatic N) is 4. The van der Waals surface area contributed by atoms with Crippen molar-refractivity contribution in [3.05, 3.63) is 99.2 Å². The molecule has 2 saturated heterocycles. The van der Waals surface area contributed by atoms with Crippen LogP contribution in [0.1, 0.15) is 102 Å². The van der Waals surface area contributed by atoms with Crippen LogP contribution >= 0.6 is 30.3 Å². The molecule has 7 amide bonds. The van der Waals surface area contributed by atoms with E-state index in [-0.39, 0.29) is 72.8 Å². The van der Waals surface area contributed by atoms with Crippen LogP contribution in [0.3, 0.4) is 0 Å². The molecule has 0 saturated carbocycles. The number of hydrogen-bond acceptors (Lipinski definition) is 10. The maximum Gasteiger partial charge on any atom is 0.399 e. The molecular weight excluding hydrogens is 990 g/mol. The van der Waals surface area contributed by atoms with E-state index < -0.39 is 60.1 Å². The summed E-state index contributed by atoms with van der Waals surface area (Å²) in [4.78, 5) is 119. The first-order valence-electron chi connectivity index (χ1n) is 23.4. The Morgan fingerprint density at radius 3 is 2.47 bits per heavy atom. The van der Waals surface area contributed by atoms with Crippen LogP contribution in [0.4, 0.5) is 14.5 Å². The topological polar surface area (TPSA) is 214 Å². The molecule has 2 unspecified atom stereocenters. The smallest absolute Gasteiger partial charge is 0.346 e. The van der Waals surface area contributed by atoms with E-state index in [2.05, 4.69) is 22.5 Å². The van der Waals surface area contributed by atoms with Gasteiger partial charge in [0, 0.05) is 84.3 Å². The average Bonchev–Trinajstić information content (AvgIpc) is 4.16. The lowest BCUT2D eigenvalue weighted by Gasteiger charge is -2.36. The van der Waals surface area contributed by atoms with Crippen molar-refractivity contribution in [1.82, 2.24) is 25.3 Å². The van der Waals surface area contributed by atoms with Crippen molar-refractivity contribution in [3.8, 4) is 11.8 Å². The van der Waals surface area contributed by atoms with Crippen molar-refractivity contribution in [2.75, 3.05) is 31.6 Å². The number of alkyl halides is 2. The Bertz CT molecular complexity index is 3130. The number of unbranched alkanes of at least 4 members (excludes halogenated alkanes) is 1. The molecule has 21 heteroatoms. The molecular formula is C51H53F2N6O10PS2. The Kier molecular flexibility index (Phi) is 14.9. The molecule has 2 aromatic heterocycles. The van der Waals surface area contributed by atoms with Gasteiger partial charge in [-0.15, -0.1) is 22.7 Å². The van der Waals surface area contributed by atoms with Gasteiger partial charge in [0.25, 0.3) is 11.8 Å². The Labute approximate surface area is 421 Å². The predicted octanol–water partition coefficient (Wildman–Crippen LogP) is 6.95. The second-order valence-electron chi connectivity index (χ2n) is 19.2. The van der Waals surface area contributed by atoms with Gasteiger partial charge in [-0.3, -0.25) is 43.4 Å². The number of likely N-dealkylation sites (tertiary alicyclic amines) is 1. The first-order valence-corrected chi connectivity index (χ1v) is 26.7. The summed E-state index contributed by atoms with van der Waals surface area (Å²) in [5.41, 5.74) is -3.81. The van der Waals surface area contributed by atoms with Crippen molar-refractivity contribution in [3.63, 3.8) is 0 Å². The molecule has 0 radical (unpaired) electrons. The Balaban J connectivity index is 0.919. The van der Waals surface area contributed by atoms with Gasteiger partial charge in [-0.1, -0.05) is 44.7 Å². The highest BCUT2D eigenvalue weighted by Gasteiger charge is 2.50. The zero-order valence-electron chi connectivity index (χ0n) is 39.9. The molecule has 2 fully saturated rings. The molecule has 3 aliphatic rings. The number of carbonyl (C=O) groups is 7. The van der Waals surface area contributed by atoms with Gasteiger partial charge in [-0.25, -0.2) is 0 Å². The molecule has 0 bridgehead atoms. The van der Waals surface area contributed by atoms with Crippen LogP contribution in [0.5, 0.6) is 0 Å². The fraction of sp³-hybridized carbons (Fsp3) is 0.392. The summed E-state index contributed by atoms with van der Waals surface area (Å²) in [7, 11) is -4.16. The number of anilines is 1. The number of amides is 7. The number of hydrogen-bond donors (Lipinski definition) is 4. The minimum atomic E-state index is -5.84. The van der Waals surface area contributed by atoms with E-state index in [1.54, 1.807) is 61.1 Å². The van der Waals surface area contributed by atoms with Crippen LogP contribution in [0.25, 0.3) is 20.2 Å². The Hall–Kier alpha value is -6.36. The van der Waals surface area contributed by atoms with Crippen LogP contribution < -0.4 is 15.5 Å². The number of carbonyl (C=O) groups excluding carboxylic acids is 7. The molecule has 5 aromatic rings. The van der Waals surface area contributed by atoms with Crippen molar-refractivity contribution >= 4 is 97.5 Å². The lowest BCUT2D eigenvalue weighted by atomic mass is 9.85. The van der Waals surface area contributed by atoms with Gasteiger partial charge in [0.05, 0.1) is 4.88 Å². The number of rotatable bonds is 14. The minimum absolute atomic E-state index is 0.0108. The van der Waals surface area contributed by atoms with Gasteiger partial charge in [0.1, 0.15) is 18.1 Å². The monoisotopic (exact) mass is 1040 g/mol. The predicted molar refractivity (Wildman–Crippen MR) is 268 cm³/mol. The number of benzene rings is 3. The molecule has 5 heterocycles. The fourth-order valence-corrected chi connectivity index (χ4v) is 11.5. The summed E-state index contributed by atoms with van der Waals surface area (Å²) in [6, 6.07) is 14.4. The second kappa shape index (κ2) is 20.6. The lowest BCUT2D eigenvalue weighted by Crippen LogP contribution is -2.58. The largest absolute Gasteiger partial charge is 0.399 e. The van der Waals surface area contributed by atoms with Crippen molar-refractivity contribution < 1.29 is 56.7 Å². The lowest BCUT2D eigenvalue weighted by molar-refractivity contribution is -0.141. The fourth-order valence-electron chi connectivity index (χ4n) is 9.27. The number of imide groups is 1. The van der Waals surface area contributed by atoms with E-state index in [4.69, 9.17) is 0 Å². The quantitative estimate of drug-likeness (QED) is 0.0389. The van der Waals surface area contributed by atoms with Gasteiger partial charge in [-0.2, -0.15) is 8.78 Å². The number of fused-ring (bicyclic) bond motifs is 3. The average molecular weight is 1040 g/mol. The molecule has 0 spiro atoms. The zero-order valence-corrected chi connectivity index (χ0v) is 42.4. The summed E-state index contributed by atoms with van der Waals surface area (Å²) in [5, 5.41) is 8.13. The third-order valence-corrected chi connectivity index (χ3v) is 16.3. The summed E-state index contributed by atoms with van der Waals surface area (Å²) < 4.78 is 42.0. The van der Waals surface area contributed by atoms with Crippen molar-refractivity contribution in [1.29, 1.82) is 0 Å². The summed E-state index contributed by atoms with van der Waals surface area (Å²) in [6.45, 7) is 6.10. The zero-order chi connectivity index (χ0) is 51.9. The van der Waals surface area contributed by atoms with E-state index in [0.717, 1.165) is 39.1 Å². The molecule has 4 N–H and O–H groups in total. The van der Waals surface area contributed by atoms with Gasteiger partial charge >= 0.3 is 13.3 Å². The maximum atomic E-state index is 14.8. The molecule has 16 nitrogen and oxygen atoms in total. The molecule has 72 heavy (non-hydrogen) atoms. The summed E-state index contributed by atoms with van der Waals surface area (Å²) >= 11 is 2.50. The van der Waals surface area contributed by atoms with Gasteiger partial charge in [-0.05, 0) is 107 Å². The van der Waals surface area contributed by atoms with Crippen molar-refractivity contribution in [2.45, 2.75) is 96.1 Å². The molecule has 378 valence electrons. The number of nitrogens with one attached hydrogen (secondary N) is 2. The molecule has 3 atom stereocenters. The SMILES string of the molecule is CN(CCCC#Cc1cccc2c1CN(C1CCC(=O)NC1=O)C2=O)C(=O)CCN(C(=O)[C@@H]1CCCN1C(=O)C(NC(=O)c1cc2cc(C(F)(F)P(=O)(O)O)ccc2s1)C(C)(C)C)c1ccc2sccc2c1. The van der Waals surface area contributed by atoms with E-state index in [1.165, 1.54) is 21.9 Å². The van der Waals surface area contributed by atoms with Gasteiger partial charge in [0.2, 0.25) is 29.5 Å². The van der Waals surface area contributed by atoms with Crippen molar-refractivity contribution in [2.24, 2.45) is 5.41 Å². The maximum absolute atomic E-state index is 14.8. The second-order valence-corrected chi connectivity index (χ2v) is 22.9. The summed E-state index contributed by atoms with van der Waals surface area (Å²) in [5.74, 6) is 3.41. The Morgan fingerprint density at radius 2 is 1.74 bits per heavy atom. The highest BCUT2D eigenvalue weighted by Crippen LogP contribution is 2.59. The normalized spacial score (nSPS) is 17.6. The first kappa shape index (κ1) is 52.0. The van der Waals surface area contributed by atoms with Crippen LogP contribution in [0.15, 0.2) is 72.1 Å². The van der Waals surface area contributed by atoms with Crippen LogP contribution in [0, 0.1) is 17.3 Å². The van der Waals surface area contributed by atoms with E-state index in [9.17, 15) is 56.7 Å². The number of halogens is 2. The Morgan fingerprint density at radius 1 is 0.972 bits per heavy atom. The number of thiophene rings is 2. The molecule has 8 rings (SSSR count). The van der Waals surface area contributed by atoms with Crippen LogP contribution in [-0.2, 0) is 40.7 Å². The third kappa shape index (κ3) is 10.7. The highest BCUT2D eigenvalue weighted by molar-refractivity contribution is 7.52. The van der Waals surface area contributed by atoms with Crippen LogP contribution in [-0.4, -0.2) is 111 Å². The molecule has 3 aliphatic heterocycles. The van der Waals surface area contributed by atoms with Gasteiger partial charge < -0.3 is 34.7 Å². The molecule has 3 aromatic carbocycles. The van der Waals surface area contributed by atoms with E-state index in [1.807, 2.05) is 35.7 Å². The third-order valence-electron chi connectivity index (χ3n) is 13.3. The van der Waals surface area contributed by atoms with E-state index in [0.29, 0.717) is 53.7 Å². The highest BCUT2D eigenvalue weighted by atomic mass is 32.1. The number of piperidine rings is 1. The molecule has 0 aliphatic carbocycles. The first-order chi connectivity index (χ1) is 34.0. The van der Waals surface area contributed by atoms with Gasteiger partial charge in [0.15, 0.2) is 0 Å².